The molecule has 3 aromatic rings. The largest absolute Gasteiger partial charge is 0.487 e. The van der Waals surface area contributed by atoms with E-state index in [0.717, 1.165) is 33.1 Å². The molecule has 0 unspecified atom stereocenters. The van der Waals surface area contributed by atoms with Crippen LogP contribution in [0.4, 0.5) is 10.5 Å². The van der Waals surface area contributed by atoms with Gasteiger partial charge in [0, 0.05) is 5.69 Å². The summed E-state index contributed by atoms with van der Waals surface area (Å²) in [6.45, 7) is 5.30. The summed E-state index contributed by atoms with van der Waals surface area (Å²) in [5.74, 6) is 0.874. The van der Waals surface area contributed by atoms with Gasteiger partial charge in [-0.2, -0.15) is 0 Å². The van der Waals surface area contributed by atoms with Crippen LogP contribution in [0.25, 0.3) is 10.2 Å². The Hall–Kier alpha value is -2.60. The Morgan fingerprint density at radius 2 is 2.15 bits per heavy atom. The van der Waals surface area contributed by atoms with Gasteiger partial charge in [-0.05, 0) is 49.2 Å². The Morgan fingerprint density at radius 1 is 1.31 bits per heavy atom. The molecule has 0 atom stereocenters. The number of urea groups is 1. The van der Waals surface area contributed by atoms with E-state index in [1.807, 2.05) is 37.3 Å². The first-order chi connectivity index (χ1) is 12.6. The molecule has 0 bridgehead atoms. The molecule has 5 nitrogen and oxygen atoms in total. The van der Waals surface area contributed by atoms with Gasteiger partial charge in [-0.1, -0.05) is 19.1 Å². The van der Waals surface area contributed by atoms with Crippen LogP contribution in [-0.2, 0) is 6.42 Å². The van der Waals surface area contributed by atoms with Crippen molar-refractivity contribution >= 4 is 33.3 Å². The number of aryl methyl sites for hydroxylation is 2. The highest BCUT2D eigenvalue weighted by Crippen LogP contribution is 2.25. The third-order valence-electron chi connectivity index (χ3n) is 4.49. The van der Waals surface area contributed by atoms with Gasteiger partial charge in [-0.3, -0.25) is 0 Å². The molecular weight excluding hydrogens is 346 g/mol. The molecule has 1 saturated heterocycles. The number of amides is 2. The normalized spacial score (nSPS) is 14.3. The van der Waals surface area contributed by atoms with Gasteiger partial charge in [0.15, 0.2) is 0 Å². The summed E-state index contributed by atoms with van der Waals surface area (Å²) < 4.78 is 7.09. The maximum atomic E-state index is 12.4. The van der Waals surface area contributed by atoms with Crippen LogP contribution >= 0.6 is 11.3 Å². The fourth-order valence-corrected chi connectivity index (χ4v) is 3.84. The predicted molar refractivity (Wildman–Crippen MR) is 105 cm³/mol. The topological polar surface area (TPSA) is 54.5 Å². The van der Waals surface area contributed by atoms with Gasteiger partial charge in [0.25, 0.3) is 0 Å². The Bertz CT molecular complexity index is 947. The van der Waals surface area contributed by atoms with Crippen LogP contribution in [0.15, 0.2) is 42.5 Å². The highest BCUT2D eigenvalue weighted by Gasteiger charge is 2.32. The minimum absolute atomic E-state index is 0.0523. The molecule has 1 aromatic heterocycles. The number of hydrogen-bond donors (Lipinski definition) is 1. The quantitative estimate of drug-likeness (QED) is 0.741. The van der Waals surface area contributed by atoms with Crippen molar-refractivity contribution in [3.8, 4) is 5.75 Å². The van der Waals surface area contributed by atoms with E-state index in [1.54, 1.807) is 16.2 Å². The smallest absolute Gasteiger partial charge is 0.322 e. The van der Waals surface area contributed by atoms with Crippen molar-refractivity contribution in [3.63, 3.8) is 0 Å². The first-order valence-electron chi connectivity index (χ1n) is 8.79. The summed E-state index contributed by atoms with van der Waals surface area (Å²) in [7, 11) is 0. The van der Waals surface area contributed by atoms with Crippen LogP contribution in [0.1, 0.15) is 17.5 Å². The molecule has 0 saturated carbocycles. The van der Waals surface area contributed by atoms with Crippen molar-refractivity contribution in [1.29, 1.82) is 0 Å². The zero-order valence-electron chi connectivity index (χ0n) is 14.9. The second kappa shape index (κ2) is 6.96. The number of ether oxygens (including phenoxy) is 1. The van der Waals surface area contributed by atoms with E-state index >= 15 is 0 Å². The monoisotopic (exact) mass is 367 g/mol. The second-order valence-electron chi connectivity index (χ2n) is 6.49. The number of carbonyl (C=O) groups is 1. The summed E-state index contributed by atoms with van der Waals surface area (Å²) in [5.41, 5.74) is 2.95. The molecule has 26 heavy (non-hydrogen) atoms. The van der Waals surface area contributed by atoms with Crippen molar-refractivity contribution in [1.82, 2.24) is 9.88 Å². The fourth-order valence-electron chi connectivity index (χ4n) is 3.03. The molecule has 134 valence electrons. The molecule has 0 aliphatic carbocycles. The molecule has 2 aromatic carbocycles. The summed E-state index contributed by atoms with van der Waals surface area (Å²) >= 11 is 1.65. The Morgan fingerprint density at radius 3 is 2.96 bits per heavy atom. The lowest BCUT2D eigenvalue weighted by Gasteiger charge is -2.38. The van der Waals surface area contributed by atoms with E-state index in [0.29, 0.717) is 13.1 Å². The zero-order chi connectivity index (χ0) is 18.1. The first kappa shape index (κ1) is 16.8. The molecule has 2 amide bonds. The predicted octanol–water partition coefficient (Wildman–Crippen LogP) is 4.46. The minimum atomic E-state index is -0.0986. The number of hydrogen-bond acceptors (Lipinski definition) is 4. The van der Waals surface area contributed by atoms with E-state index in [1.165, 1.54) is 5.56 Å². The molecule has 1 aliphatic heterocycles. The van der Waals surface area contributed by atoms with Crippen LogP contribution in [0, 0.1) is 6.92 Å². The van der Waals surface area contributed by atoms with Crippen molar-refractivity contribution in [2.45, 2.75) is 26.4 Å². The number of carbonyl (C=O) groups excluding carboxylic acids is 1. The van der Waals surface area contributed by atoms with E-state index < -0.39 is 0 Å². The molecule has 4 rings (SSSR count). The SMILES string of the molecule is CCc1cccc(OC2CN(C(=O)Nc3ccc4sc(C)nc4c3)C2)c1. The van der Waals surface area contributed by atoms with Gasteiger partial charge < -0.3 is 15.0 Å². The van der Waals surface area contributed by atoms with Crippen molar-refractivity contribution in [2.24, 2.45) is 0 Å². The standard InChI is InChI=1S/C20H21N3O2S/c1-3-14-5-4-6-16(9-14)25-17-11-23(12-17)20(24)22-15-7-8-19-18(10-15)21-13(2)26-19/h4-10,17H,3,11-12H2,1-2H3,(H,22,24). The van der Waals surface area contributed by atoms with Crippen LogP contribution in [0.2, 0.25) is 0 Å². The molecule has 0 radical (unpaired) electrons. The molecule has 1 N–H and O–H groups in total. The lowest BCUT2D eigenvalue weighted by molar-refractivity contribution is 0.0492. The van der Waals surface area contributed by atoms with E-state index in [9.17, 15) is 4.79 Å². The van der Waals surface area contributed by atoms with Gasteiger partial charge in [-0.25, -0.2) is 9.78 Å². The highest BCUT2D eigenvalue weighted by molar-refractivity contribution is 7.18. The molecule has 0 spiro atoms. The van der Waals surface area contributed by atoms with Gasteiger partial charge in [0.2, 0.25) is 0 Å². The Labute approximate surface area is 156 Å². The maximum Gasteiger partial charge on any atom is 0.322 e. The van der Waals surface area contributed by atoms with Crippen LogP contribution < -0.4 is 10.1 Å². The van der Waals surface area contributed by atoms with Gasteiger partial charge in [-0.15, -0.1) is 11.3 Å². The first-order valence-corrected chi connectivity index (χ1v) is 9.61. The summed E-state index contributed by atoms with van der Waals surface area (Å²) in [6.07, 6.45) is 1.04. The number of benzene rings is 2. The number of nitrogens with zero attached hydrogens (tertiary/aromatic N) is 2. The van der Waals surface area contributed by atoms with E-state index in [2.05, 4.69) is 29.4 Å². The van der Waals surface area contributed by atoms with Crippen LogP contribution in [0.5, 0.6) is 5.75 Å². The van der Waals surface area contributed by atoms with Crippen LogP contribution in [0.3, 0.4) is 0 Å². The molecule has 6 heteroatoms. The minimum Gasteiger partial charge on any atom is -0.487 e. The molecule has 2 heterocycles. The average Bonchev–Trinajstić information content (AvgIpc) is 2.97. The van der Waals surface area contributed by atoms with Gasteiger partial charge >= 0.3 is 6.03 Å². The van der Waals surface area contributed by atoms with Crippen molar-refractivity contribution in [2.75, 3.05) is 18.4 Å². The molecule has 1 aliphatic rings. The highest BCUT2D eigenvalue weighted by atomic mass is 32.1. The summed E-state index contributed by atoms with van der Waals surface area (Å²) in [4.78, 5) is 18.6. The number of nitrogens with one attached hydrogen (secondary N) is 1. The number of thiazole rings is 1. The van der Waals surface area contributed by atoms with Crippen molar-refractivity contribution < 1.29 is 9.53 Å². The van der Waals surface area contributed by atoms with Gasteiger partial charge in [0.1, 0.15) is 11.9 Å². The van der Waals surface area contributed by atoms with Crippen molar-refractivity contribution in [3.05, 3.63) is 53.0 Å². The summed E-state index contributed by atoms with van der Waals surface area (Å²) in [6, 6.07) is 13.9. The molecular formula is C20H21N3O2S. The Balaban J connectivity index is 1.32. The third kappa shape index (κ3) is 3.51. The zero-order valence-corrected chi connectivity index (χ0v) is 15.7. The number of anilines is 1. The second-order valence-corrected chi connectivity index (χ2v) is 7.73. The lowest BCUT2D eigenvalue weighted by atomic mass is 10.1. The average molecular weight is 367 g/mol. The third-order valence-corrected chi connectivity index (χ3v) is 5.44. The fraction of sp³-hybridized carbons (Fsp3) is 0.300. The lowest BCUT2D eigenvalue weighted by Crippen LogP contribution is -2.57. The maximum absolute atomic E-state index is 12.4. The van der Waals surface area contributed by atoms with Crippen LogP contribution in [-0.4, -0.2) is 35.1 Å². The number of fused-ring (bicyclic) bond motifs is 1. The number of aromatic nitrogens is 1. The Kier molecular flexibility index (Phi) is 4.51. The van der Waals surface area contributed by atoms with Gasteiger partial charge in [0.05, 0.1) is 28.3 Å². The van der Waals surface area contributed by atoms with E-state index in [-0.39, 0.29) is 12.1 Å². The number of rotatable bonds is 4. The number of likely N-dealkylation sites (tertiary alicyclic amines) is 1. The van der Waals surface area contributed by atoms with E-state index in [4.69, 9.17) is 4.74 Å². The molecule has 1 fully saturated rings. The summed E-state index contributed by atoms with van der Waals surface area (Å²) in [5, 5.41) is 3.97.